The van der Waals surface area contributed by atoms with E-state index in [4.69, 9.17) is 14.5 Å². The molecular weight excluding hydrogens is 506 g/mol. The Bertz CT molecular complexity index is 1670. The molecule has 4 heterocycles. The lowest BCUT2D eigenvalue weighted by Crippen LogP contribution is -2.50. The van der Waals surface area contributed by atoms with Crippen molar-refractivity contribution in [3.63, 3.8) is 0 Å². The topological polar surface area (TPSA) is 111 Å². The molecule has 1 fully saturated rings. The molecule has 1 aliphatic heterocycles. The molecular formula is C26H27N7O4S. The van der Waals surface area contributed by atoms with E-state index in [9.17, 15) is 9.59 Å². The minimum absolute atomic E-state index is 0.0257. The van der Waals surface area contributed by atoms with Crippen molar-refractivity contribution in [2.24, 2.45) is 7.05 Å². The van der Waals surface area contributed by atoms with Crippen molar-refractivity contribution >= 4 is 44.3 Å². The predicted octanol–water partition coefficient (Wildman–Crippen LogP) is 2.71. The van der Waals surface area contributed by atoms with Gasteiger partial charge in [0, 0.05) is 45.4 Å². The summed E-state index contributed by atoms with van der Waals surface area (Å²) in [4.78, 5) is 42.6. The summed E-state index contributed by atoms with van der Waals surface area (Å²) in [5.41, 5.74) is 5.56. The standard InChI is InChI=1S/C26H27N7O4S/c1-30-18-6-4-5-7-19(18)33(26(30)35)14-22(34)31-8-10-32(11-9-31)25-23(27-15-38-25)24-28-16-12-20(36-2)21(37-3)13-17(16)29-24/h4-7,12-13,15H,8-11,14H2,1-3H3,(H,28,29). The lowest BCUT2D eigenvalue weighted by molar-refractivity contribution is -0.132. The van der Waals surface area contributed by atoms with Crippen LogP contribution in [0.2, 0.25) is 0 Å². The molecule has 1 amide bonds. The molecule has 11 nitrogen and oxygen atoms in total. The smallest absolute Gasteiger partial charge is 0.329 e. The van der Waals surface area contributed by atoms with E-state index in [-0.39, 0.29) is 18.1 Å². The normalized spacial score (nSPS) is 14.0. The number of anilines is 1. The van der Waals surface area contributed by atoms with Gasteiger partial charge in [-0.05, 0) is 12.1 Å². The maximum absolute atomic E-state index is 13.2. The van der Waals surface area contributed by atoms with Crippen LogP contribution in [0.25, 0.3) is 33.6 Å². The summed E-state index contributed by atoms with van der Waals surface area (Å²) in [5, 5.41) is 1.00. The third-order valence-corrected chi connectivity index (χ3v) is 7.91. The van der Waals surface area contributed by atoms with Crippen LogP contribution >= 0.6 is 11.3 Å². The number of amides is 1. The highest BCUT2D eigenvalue weighted by molar-refractivity contribution is 7.14. The number of nitrogens with zero attached hydrogens (tertiary/aromatic N) is 6. The van der Waals surface area contributed by atoms with Crippen LogP contribution in [-0.4, -0.2) is 75.3 Å². The Hall–Kier alpha value is -4.32. The molecule has 2 aromatic carbocycles. The number of imidazole rings is 2. The molecule has 6 rings (SSSR count). The van der Waals surface area contributed by atoms with Gasteiger partial charge in [-0.15, -0.1) is 11.3 Å². The van der Waals surface area contributed by atoms with Crippen molar-refractivity contribution in [2.45, 2.75) is 6.54 Å². The van der Waals surface area contributed by atoms with Gasteiger partial charge < -0.3 is 24.3 Å². The van der Waals surface area contributed by atoms with Gasteiger partial charge in [0.25, 0.3) is 0 Å². The van der Waals surface area contributed by atoms with Crippen LogP contribution in [0.1, 0.15) is 0 Å². The lowest BCUT2D eigenvalue weighted by Gasteiger charge is -2.35. The first-order valence-corrected chi connectivity index (χ1v) is 13.1. The molecule has 1 saturated heterocycles. The Balaban J connectivity index is 1.18. The summed E-state index contributed by atoms with van der Waals surface area (Å²) in [7, 11) is 4.93. The van der Waals surface area contributed by atoms with Crippen molar-refractivity contribution in [3.05, 3.63) is 52.4 Å². The lowest BCUT2D eigenvalue weighted by atomic mass is 10.3. The summed E-state index contributed by atoms with van der Waals surface area (Å²) >= 11 is 1.55. The van der Waals surface area contributed by atoms with Gasteiger partial charge in [0.15, 0.2) is 17.3 Å². The molecule has 1 aliphatic rings. The van der Waals surface area contributed by atoms with Gasteiger partial charge in [-0.2, -0.15) is 0 Å². The number of thiazole rings is 1. The molecule has 0 atom stereocenters. The van der Waals surface area contributed by atoms with Gasteiger partial charge in [-0.3, -0.25) is 13.9 Å². The Morgan fingerprint density at radius 1 is 1.05 bits per heavy atom. The van der Waals surface area contributed by atoms with Crippen molar-refractivity contribution in [1.82, 2.24) is 29.0 Å². The number of hydrogen-bond donors (Lipinski definition) is 1. The number of para-hydroxylation sites is 2. The van der Waals surface area contributed by atoms with Crippen LogP contribution in [0.5, 0.6) is 11.5 Å². The third-order valence-electron chi connectivity index (χ3n) is 7.02. The fourth-order valence-corrected chi connectivity index (χ4v) is 5.84. The Morgan fingerprint density at radius 2 is 1.76 bits per heavy atom. The molecule has 12 heteroatoms. The van der Waals surface area contributed by atoms with Crippen LogP contribution < -0.4 is 20.1 Å². The number of fused-ring (bicyclic) bond motifs is 2. The van der Waals surface area contributed by atoms with Crippen LogP contribution in [0.15, 0.2) is 46.7 Å². The number of carbonyl (C=O) groups excluding carboxylic acids is 1. The van der Waals surface area contributed by atoms with E-state index in [2.05, 4.69) is 14.9 Å². The number of aromatic amines is 1. The second-order valence-corrected chi connectivity index (χ2v) is 9.93. The number of rotatable bonds is 6. The first kappa shape index (κ1) is 24.0. The minimum Gasteiger partial charge on any atom is -0.493 e. The van der Waals surface area contributed by atoms with Gasteiger partial charge in [0.05, 0.1) is 41.8 Å². The molecule has 0 bridgehead atoms. The highest BCUT2D eigenvalue weighted by Crippen LogP contribution is 2.36. The average Bonchev–Trinajstić information content (AvgIpc) is 3.66. The zero-order valence-corrected chi connectivity index (χ0v) is 22.1. The number of aryl methyl sites for hydroxylation is 1. The van der Waals surface area contributed by atoms with Crippen molar-refractivity contribution in [3.8, 4) is 23.0 Å². The Kier molecular flexibility index (Phi) is 6.03. The van der Waals surface area contributed by atoms with Crippen LogP contribution in [0.4, 0.5) is 5.00 Å². The van der Waals surface area contributed by atoms with Crippen molar-refractivity contribution in [2.75, 3.05) is 45.3 Å². The van der Waals surface area contributed by atoms with Crippen LogP contribution in [-0.2, 0) is 18.4 Å². The summed E-state index contributed by atoms with van der Waals surface area (Å²) in [6.45, 7) is 2.47. The minimum atomic E-state index is -0.187. The fraction of sp³-hybridized carbons (Fsp3) is 0.308. The molecule has 196 valence electrons. The van der Waals surface area contributed by atoms with E-state index in [1.54, 1.807) is 41.7 Å². The zero-order chi connectivity index (χ0) is 26.4. The van der Waals surface area contributed by atoms with E-state index in [1.165, 1.54) is 0 Å². The van der Waals surface area contributed by atoms with E-state index in [0.717, 1.165) is 32.8 Å². The second-order valence-electron chi connectivity index (χ2n) is 9.10. The molecule has 3 aromatic heterocycles. The summed E-state index contributed by atoms with van der Waals surface area (Å²) in [6.07, 6.45) is 0. The van der Waals surface area contributed by atoms with Gasteiger partial charge in [0.1, 0.15) is 17.2 Å². The number of ether oxygens (including phenoxy) is 2. The fourth-order valence-electron chi connectivity index (χ4n) is 4.99. The van der Waals surface area contributed by atoms with E-state index in [0.29, 0.717) is 43.5 Å². The maximum Gasteiger partial charge on any atom is 0.329 e. The highest BCUT2D eigenvalue weighted by Gasteiger charge is 2.26. The highest BCUT2D eigenvalue weighted by atomic mass is 32.1. The summed E-state index contributed by atoms with van der Waals surface area (Å²) in [5.74, 6) is 1.84. The molecule has 38 heavy (non-hydrogen) atoms. The van der Waals surface area contributed by atoms with Gasteiger partial charge in [0.2, 0.25) is 5.91 Å². The molecule has 1 N–H and O–H groups in total. The molecule has 0 radical (unpaired) electrons. The second kappa shape index (κ2) is 9.53. The van der Waals surface area contributed by atoms with Crippen LogP contribution in [0, 0.1) is 0 Å². The van der Waals surface area contributed by atoms with Gasteiger partial charge in [-0.25, -0.2) is 14.8 Å². The Morgan fingerprint density at radius 3 is 2.50 bits per heavy atom. The first-order chi connectivity index (χ1) is 18.5. The average molecular weight is 534 g/mol. The van der Waals surface area contributed by atoms with Crippen LogP contribution in [0.3, 0.4) is 0 Å². The largest absolute Gasteiger partial charge is 0.493 e. The molecule has 0 aliphatic carbocycles. The van der Waals surface area contributed by atoms with Gasteiger partial charge >= 0.3 is 5.69 Å². The Labute approximate surface area is 221 Å². The van der Waals surface area contributed by atoms with E-state index < -0.39 is 0 Å². The number of piperazine rings is 1. The summed E-state index contributed by atoms with van der Waals surface area (Å²) in [6, 6.07) is 11.2. The van der Waals surface area contributed by atoms with E-state index >= 15 is 0 Å². The maximum atomic E-state index is 13.2. The van der Waals surface area contributed by atoms with E-state index in [1.807, 2.05) is 46.8 Å². The number of benzene rings is 2. The number of carbonyl (C=O) groups is 1. The third kappa shape index (κ3) is 3.97. The monoisotopic (exact) mass is 533 g/mol. The molecule has 0 unspecified atom stereocenters. The number of hydrogen-bond acceptors (Lipinski definition) is 8. The predicted molar refractivity (Wildman–Crippen MR) is 146 cm³/mol. The van der Waals surface area contributed by atoms with Crippen molar-refractivity contribution < 1.29 is 14.3 Å². The summed E-state index contributed by atoms with van der Waals surface area (Å²) < 4.78 is 13.9. The molecule has 0 saturated carbocycles. The number of nitrogens with one attached hydrogen (secondary N) is 1. The zero-order valence-electron chi connectivity index (χ0n) is 21.3. The van der Waals surface area contributed by atoms with Gasteiger partial charge in [-0.1, -0.05) is 12.1 Å². The number of H-pyrrole nitrogens is 1. The molecule has 5 aromatic rings. The SMILES string of the molecule is COc1cc2nc(-c3ncsc3N3CCN(C(=O)Cn4c(=O)n(C)c5ccccc54)CC3)[nH]c2cc1OC. The number of aromatic nitrogens is 5. The van der Waals surface area contributed by atoms with Crippen molar-refractivity contribution in [1.29, 1.82) is 0 Å². The molecule has 0 spiro atoms. The first-order valence-electron chi connectivity index (χ1n) is 12.2. The quantitative estimate of drug-likeness (QED) is 0.357. The number of methoxy groups -OCH3 is 2.